The van der Waals surface area contributed by atoms with Crippen molar-refractivity contribution in [1.29, 1.82) is 0 Å². The first-order valence-electron chi connectivity index (χ1n) is 6.80. The van der Waals surface area contributed by atoms with E-state index in [0.29, 0.717) is 17.8 Å². The number of nitrogens with one attached hydrogen (secondary N) is 1. The van der Waals surface area contributed by atoms with Gasteiger partial charge in [-0.15, -0.1) is 0 Å². The Morgan fingerprint density at radius 2 is 2.11 bits per heavy atom. The predicted molar refractivity (Wildman–Crippen MR) is 73.2 cm³/mol. The molecule has 0 bridgehead atoms. The summed E-state index contributed by atoms with van der Waals surface area (Å²) in [7, 11) is 1.34. The number of nitrogens with zero attached hydrogens (tertiary/aromatic N) is 2. The van der Waals surface area contributed by atoms with Crippen LogP contribution in [0.3, 0.4) is 0 Å². The molecule has 1 aromatic rings. The number of hydrogen-bond acceptors (Lipinski definition) is 5. The fourth-order valence-corrected chi connectivity index (χ4v) is 2.55. The number of esters is 1. The summed E-state index contributed by atoms with van der Waals surface area (Å²) < 4.78 is 4.67. The second kappa shape index (κ2) is 5.99. The van der Waals surface area contributed by atoms with Crippen molar-refractivity contribution in [2.75, 3.05) is 12.4 Å². The molecule has 2 atom stereocenters. The fraction of sp³-hybridized carbons (Fsp3) is 0.643. The van der Waals surface area contributed by atoms with Gasteiger partial charge >= 0.3 is 5.97 Å². The highest BCUT2D eigenvalue weighted by molar-refractivity contribution is 5.85. The second-order valence-electron chi connectivity index (χ2n) is 5.22. The highest BCUT2D eigenvalue weighted by Crippen LogP contribution is 2.26. The van der Waals surface area contributed by atoms with Crippen LogP contribution in [0.2, 0.25) is 0 Å². The molecule has 5 heteroatoms. The molecule has 0 aliphatic heterocycles. The zero-order valence-corrected chi connectivity index (χ0v) is 11.8. The normalized spacial score (nSPS) is 22.9. The van der Waals surface area contributed by atoms with Crippen LogP contribution in [-0.4, -0.2) is 29.1 Å². The molecular formula is C14H21N3O2. The summed E-state index contributed by atoms with van der Waals surface area (Å²) in [5.74, 6) is 0.967. The lowest BCUT2D eigenvalue weighted by Crippen LogP contribution is -2.31. The Morgan fingerprint density at radius 1 is 1.37 bits per heavy atom. The number of hydrogen-bond donors (Lipinski definition) is 1. The van der Waals surface area contributed by atoms with Crippen LogP contribution >= 0.6 is 0 Å². The number of aryl methyl sites for hydroxylation is 1. The molecule has 1 fully saturated rings. The zero-order chi connectivity index (χ0) is 13.8. The molecule has 0 spiro atoms. The van der Waals surface area contributed by atoms with Crippen molar-refractivity contribution in [3.05, 3.63) is 17.6 Å². The van der Waals surface area contributed by atoms with Crippen LogP contribution in [0, 0.1) is 12.8 Å². The van der Waals surface area contributed by atoms with Crippen LogP contribution in [0.25, 0.3) is 0 Å². The summed E-state index contributed by atoms with van der Waals surface area (Å²) in [5, 5.41) is 3.43. The number of ether oxygens (including phenoxy) is 1. The molecule has 1 aromatic heterocycles. The van der Waals surface area contributed by atoms with Gasteiger partial charge < -0.3 is 10.1 Å². The van der Waals surface area contributed by atoms with Crippen LogP contribution in [0.15, 0.2) is 6.07 Å². The summed E-state index contributed by atoms with van der Waals surface area (Å²) in [4.78, 5) is 19.8. The molecule has 19 heavy (non-hydrogen) atoms. The first-order valence-corrected chi connectivity index (χ1v) is 6.80. The van der Waals surface area contributed by atoms with Crippen LogP contribution < -0.4 is 5.32 Å². The molecule has 5 nitrogen and oxygen atoms in total. The quantitative estimate of drug-likeness (QED) is 0.849. The van der Waals surface area contributed by atoms with Crippen LogP contribution in [0.1, 0.15) is 48.9 Å². The Bertz CT molecular complexity index is 462. The van der Waals surface area contributed by atoms with Gasteiger partial charge in [0.1, 0.15) is 5.82 Å². The number of methoxy groups -OCH3 is 1. The number of carbonyl (C=O) groups is 1. The largest absolute Gasteiger partial charge is 0.463 e. The minimum absolute atomic E-state index is 0.119. The van der Waals surface area contributed by atoms with Gasteiger partial charge in [0.2, 0.25) is 5.82 Å². The minimum Gasteiger partial charge on any atom is -0.463 e. The lowest BCUT2D eigenvalue weighted by molar-refractivity contribution is 0.0586. The Labute approximate surface area is 113 Å². The van der Waals surface area contributed by atoms with Gasteiger partial charge in [-0.2, -0.15) is 0 Å². The third kappa shape index (κ3) is 3.43. The van der Waals surface area contributed by atoms with Crippen LogP contribution in [-0.2, 0) is 4.74 Å². The van der Waals surface area contributed by atoms with E-state index in [1.807, 2.05) is 13.0 Å². The monoisotopic (exact) mass is 263 g/mol. The van der Waals surface area contributed by atoms with Gasteiger partial charge in [-0.1, -0.05) is 19.8 Å². The van der Waals surface area contributed by atoms with Gasteiger partial charge in [-0.05, 0) is 25.7 Å². The Kier molecular flexibility index (Phi) is 4.35. The lowest BCUT2D eigenvalue weighted by Gasteiger charge is -2.30. The van der Waals surface area contributed by atoms with E-state index < -0.39 is 5.97 Å². The maximum atomic E-state index is 11.5. The highest BCUT2D eigenvalue weighted by atomic mass is 16.5. The molecule has 1 saturated carbocycles. The molecule has 1 N–H and O–H groups in total. The Balaban J connectivity index is 2.15. The molecule has 2 rings (SSSR count). The molecular weight excluding hydrogens is 242 g/mol. The van der Waals surface area contributed by atoms with E-state index in [4.69, 9.17) is 0 Å². The van der Waals surface area contributed by atoms with E-state index in [1.54, 1.807) is 0 Å². The highest BCUT2D eigenvalue weighted by Gasteiger charge is 2.22. The fourth-order valence-electron chi connectivity index (χ4n) is 2.55. The average molecular weight is 263 g/mol. The van der Waals surface area contributed by atoms with E-state index in [-0.39, 0.29) is 5.82 Å². The van der Waals surface area contributed by atoms with Crippen molar-refractivity contribution in [2.45, 2.75) is 45.6 Å². The summed E-state index contributed by atoms with van der Waals surface area (Å²) in [6.07, 6.45) is 4.94. The van der Waals surface area contributed by atoms with E-state index in [1.165, 1.54) is 26.4 Å². The standard InChI is InChI=1S/C14H21N3O2/c1-9-6-4-5-7-11(9)16-12-8-10(2)15-13(17-12)14(18)19-3/h8-9,11H,4-7H2,1-3H3,(H,15,16,17). The lowest BCUT2D eigenvalue weighted by atomic mass is 9.86. The minimum atomic E-state index is -0.497. The molecule has 1 heterocycles. The number of carbonyl (C=O) groups excluding carboxylic acids is 1. The van der Waals surface area contributed by atoms with E-state index in [2.05, 4.69) is 26.9 Å². The topological polar surface area (TPSA) is 64.1 Å². The second-order valence-corrected chi connectivity index (χ2v) is 5.22. The number of anilines is 1. The summed E-state index contributed by atoms with van der Waals surface area (Å²) in [6, 6.07) is 2.29. The van der Waals surface area contributed by atoms with E-state index in [9.17, 15) is 4.79 Å². The maximum absolute atomic E-state index is 11.5. The van der Waals surface area contributed by atoms with Gasteiger partial charge in [0, 0.05) is 17.8 Å². The van der Waals surface area contributed by atoms with Crippen molar-refractivity contribution >= 4 is 11.8 Å². The molecule has 1 aliphatic rings. The molecule has 1 aliphatic carbocycles. The number of aromatic nitrogens is 2. The third-order valence-corrected chi connectivity index (χ3v) is 3.67. The van der Waals surface area contributed by atoms with Gasteiger partial charge in [0.15, 0.2) is 0 Å². The van der Waals surface area contributed by atoms with Gasteiger partial charge in [-0.3, -0.25) is 0 Å². The average Bonchev–Trinajstić information content (AvgIpc) is 2.40. The van der Waals surface area contributed by atoms with Crippen LogP contribution in [0.4, 0.5) is 5.82 Å². The van der Waals surface area contributed by atoms with Gasteiger partial charge in [-0.25, -0.2) is 14.8 Å². The molecule has 0 radical (unpaired) electrons. The molecule has 0 saturated heterocycles. The van der Waals surface area contributed by atoms with Gasteiger partial charge in [0.25, 0.3) is 0 Å². The van der Waals surface area contributed by atoms with Crippen molar-refractivity contribution < 1.29 is 9.53 Å². The molecule has 104 valence electrons. The van der Waals surface area contributed by atoms with Gasteiger partial charge in [0.05, 0.1) is 7.11 Å². The summed E-state index contributed by atoms with van der Waals surface area (Å²) in [5.41, 5.74) is 0.765. The first-order chi connectivity index (χ1) is 9.10. The third-order valence-electron chi connectivity index (χ3n) is 3.67. The first kappa shape index (κ1) is 13.8. The number of rotatable bonds is 3. The van der Waals surface area contributed by atoms with E-state index in [0.717, 1.165) is 12.1 Å². The summed E-state index contributed by atoms with van der Waals surface area (Å²) in [6.45, 7) is 4.11. The van der Waals surface area contributed by atoms with E-state index >= 15 is 0 Å². The van der Waals surface area contributed by atoms with Crippen LogP contribution in [0.5, 0.6) is 0 Å². The molecule has 0 aromatic carbocycles. The van der Waals surface area contributed by atoms with Crippen molar-refractivity contribution in [2.24, 2.45) is 5.92 Å². The Hall–Kier alpha value is -1.65. The molecule has 0 amide bonds. The van der Waals surface area contributed by atoms with Crippen molar-refractivity contribution in [3.63, 3.8) is 0 Å². The van der Waals surface area contributed by atoms with Crippen molar-refractivity contribution in [1.82, 2.24) is 9.97 Å². The Morgan fingerprint density at radius 3 is 2.79 bits per heavy atom. The summed E-state index contributed by atoms with van der Waals surface area (Å²) >= 11 is 0. The predicted octanol–water partition coefficient (Wildman–Crippen LogP) is 2.56. The maximum Gasteiger partial charge on any atom is 0.376 e. The smallest absolute Gasteiger partial charge is 0.376 e. The van der Waals surface area contributed by atoms with Crippen molar-refractivity contribution in [3.8, 4) is 0 Å². The SMILES string of the molecule is COC(=O)c1nc(C)cc(NC2CCCCC2C)n1. The molecule has 2 unspecified atom stereocenters. The zero-order valence-electron chi connectivity index (χ0n) is 11.8.